The summed E-state index contributed by atoms with van der Waals surface area (Å²) in [6.45, 7) is 2.62. The zero-order valence-corrected chi connectivity index (χ0v) is 10.7. The van der Waals surface area contributed by atoms with Gasteiger partial charge in [-0.2, -0.15) is 0 Å². The van der Waals surface area contributed by atoms with Crippen LogP contribution in [-0.4, -0.2) is 17.5 Å². The van der Waals surface area contributed by atoms with Crippen molar-refractivity contribution in [3.63, 3.8) is 0 Å². The van der Waals surface area contributed by atoms with Crippen LogP contribution in [0.1, 0.15) is 29.3 Å². The average molecular weight is 243 g/mol. The monoisotopic (exact) mass is 243 g/mol. The third-order valence-electron chi connectivity index (χ3n) is 2.89. The van der Waals surface area contributed by atoms with Gasteiger partial charge < -0.3 is 9.30 Å². The Morgan fingerprint density at radius 2 is 2.17 bits per heavy atom. The van der Waals surface area contributed by atoms with Crippen LogP contribution in [-0.2, 0) is 6.54 Å². The van der Waals surface area contributed by atoms with Crippen molar-refractivity contribution in [1.29, 1.82) is 0 Å². The average Bonchev–Trinajstić information content (AvgIpc) is 2.86. The highest BCUT2D eigenvalue weighted by Gasteiger charge is 2.05. The number of Topliss-reactive ketones (excluding diaryl/α,β-unsaturated/α-hetero) is 1. The number of carbonyl (C=O) groups excluding carboxylic acids is 1. The van der Waals surface area contributed by atoms with Gasteiger partial charge >= 0.3 is 0 Å². The molecule has 94 valence electrons. The molecule has 1 aromatic heterocycles. The van der Waals surface area contributed by atoms with Crippen LogP contribution in [0.3, 0.4) is 0 Å². The van der Waals surface area contributed by atoms with Crippen molar-refractivity contribution >= 4 is 5.78 Å². The molecule has 1 heterocycles. The van der Waals surface area contributed by atoms with E-state index in [0.29, 0.717) is 6.42 Å². The normalized spacial score (nSPS) is 10.3. The first-order valence-electron chi connectivity index (χ1n) is 6.05. The number of nitrogens with zero attached hydrogens (tertiary/aromatic N) is 1. The first-order chi connectivity index (χ1) is 8.72. The van der Waals surface area contributed by atoms with E-state index in [2.05, 4.69) is 0 Å². The first kappa shape index (κ1) is 12.4. The van der Waals surface area contributed by atoms with Gasteiger partial charge in [0, 0.05) is 30.9 Å². The van der Waals surface area contributed by atoms with Gasteiger partial charge in [0.15, 0.2) is 5.78 Å². The topological polar surface area (TPSA) is 31.2 Å². The van der Waals surface area contributed by atoms with Crippen molar-refractivity contribution < 1.29 is 9.53 Å². The molecule has 0 amide bonds. The van der Waals surface area contributed by atoms with E-state index in [0.717, 1.165) is 23.4 Å². The van der Waals surface area contributed by atoms with Gasteiger partial charge in [0.2, 0.25) is 0 Å². The third kappa shape index (κ3) is 2.80. The molecule has 0 unspecified atom stereocenters. The standard InChI is InChI=1S/C15H17NO2/c1-3-15(17)13-7-8-16(11-13)10-12-5-4-6-14(9-12)18-2/h4-9,11H,3,10H2,1-2H3. The molecule has 0 bridgehead atoms. The minimum Gasteiger partial charge on any atom is -0.497 e. The lowest BCUT2D eigenvalue weighted by atomic mass is 10.2. The maximum Gasteiger partial charge on any atom is 0.164 e. The maximum atomic E-state index is 11.5. The number of rotatable bonds is 5. The summed E-state index contributed by atoms with van der Waals surface area (Å²) in [6, 6.07) is 9.80. The minimum atomic E-state index is 0.180. The Morgan fingerprint density at radius 3 is 2.89 bits per heavy atom. The van der Waals surface area contributed by atoms with Gasteiger partial charge in [0.1, 0.15) is 5.75 Å². The van der Waals surface area contributed by atoms with Crippen molar-refractivity contribution in [2.24, 2.45) is 0 Å². The largest absolute Gasteiger partial charge is 0.497 e. The number of hydrogen-bond acceptors (Lipinski definition) is 2. The quantitative estimate of drug-likeness (QED) is 0.755. The maximum absolute atomic E-state index is 11.5. The Bertz CT molecular complexity index is 543. The smallest absolute Gasteiger partial charge is 0.164 e. The van der Waals surface area contributed by atoms with E-state index < -0.39 is 0 Å². The molecule has 18 heavy (non-hydrogen) atoms. The highest BCUT2D eigenvalue weighted by Crippen LogP contribution is 2.14. The Balaban J connectivity index is 2.13. The summed E-state index contributed by atoms with van der Waals surface area (Å²) in [5.41, 5.74) is 1.93. The fraction of sp³-hybridized carbons (Fsp3) is 0.267. The molecule has 2 rings (SSSR count). The molecule has 3 nitrogen and oxygen atoms in total. The van der Waals surface area contributed by atoms with Gasteiger partial charge in [-0.05, 0) is 23.8 Å². The summed E-state index contributed by atoms with van der Waals surface area (Å²) in [4.78, 5) is 11.5. The van der Waals surface area contributed by atoms with Crippen molar-refractivity contribution in [3.8, 4) is 5.75 Å². The molecule has 1 aromatic carbocycles. The molecule has 0 radical (unpaired) electrons. The van der Waals surface area contributed by atoms with E-state index in [1.807, 2.05) is 54.2 Å². The highest BCUT2D eigenvalue weighted by molar-refractivity contribution is 5.95. The van der Waals surface area contributed by atoms with E-state index in [4.69, 9.17) is 4.74 Å². The third-order valence-corrected chi connectivity index (χ3v) is 2.89. The van der Waals surface area contributed by atoms with E-state index in [1.165, 1.54) is 0 Å². The van der Waals surface area contributed by atoms with Crippen molar-refractivity contribution in [3.05, 3.63) is 53.9 Å². The fourth-order valence-corrected chi connectivity index (χ4v) is 1.89. The van der Waals surface area contributed by atoms with Crippen LogP contribution in [0, 0.1) is 0 Å². The number of ketones is 1. The van der Waals surface area contributed by atoms with Crippen LogP contribution in [0.15, 0.2) is 42.7 Å². The van der Waals surface area contributed by atoms with Crippen molar-refractivity contribution in [2.45, 2.75) is 19.9 Å². The highest BCUT2D eigenvalue weighted by atomic mass is 16.5. The minimum absolute atomic E-state index is 0.180. The lowest BCUT2D eigenvalue weighted by Gasteiger charge is -2.05. The molecular formula is C15H17NO2. The molecule has 0 aliphatic rings. The fourth-order valence-electron chi connectivity index (χ4n) is 1.89. The van der Waals surface area contributed by atoms with Crippen LogP contribution >= 0.6 is 0 Å². The molecule has 0 atom stereocenters. The van der Waals surface area contributed by atoms with Gasteiger partial charge in [-0.25, -0.2) is 0 Å². The van der Waals surface area contributed by atoms with Gasteiger partial charge in [-0.15, -0.1) is 0 Å². The second-order valence-corrected chi connectivity index (χ2v) is 4.20. The second kappa shape index (κ2) is 5.54. The molecule has 3 heteroatoms. The number of ether oxygens (including phenoxy) is 1. The van der Waals surface area contributed by atoms with E-state index in [1.54, 1.807) is 7.11 Å². The van der Waals surface area contributed by atoms with Crippen LogP contribution in [0.2, 0.25) is 0 Å². The first-order valence-corrected chi connectivity index (χ1v) is 6.05. The molecular weight excluding hydrogens is 226 g/mol. The lowest BCUT2D eigenvalue weighted by molar-refractivity contribution is 0.0988. The van der Waals surface area contributed by atoms with E-state index in [9.17, 15) is 4.79 Å². The number of aromatic nitrogens is 1. The van der Waals surface area contributed by atoms with Gasteiger partial charge in [0.25, 0.3) is 0 Å². The Labute approximate surface area is 107 Å². The zero-order valence-electron chi connectivity index (χ0n) is 10.7. The number of methoxy groups -OCH3 is 1. The molecule has 0 N–H and O–H groups in total. The van der Waals surface area contributed by atoms with Crippen LogP contribution in [0.4, 0.5) is 0 Å². The van der Waals surface area contributed by atoms with Crippen LogP contribution in [0.5, 0.6) is 5.75 Å². The van der Waals surface area contributed by atoms with Gasteiger partial charge in [0.05, 0.1) is 7.11 Å². The Kier molecular flexibility index (Phi) is 3.82. The summed E-state index contributed by atoms with van der Waals surface area (Å²) in [6.07, 6.45) is 4.37. The summed E-state index contributed by atoms with van der Waals surface area (Å²) < 4.78 is 7.20. The van der Waals surface area contributed by atoms with Crippen molar-refractivity contribution in [2.75, 3.05) is 7.11 Å². The number of benzene rings is 1. The molecule has 0 saturated heterocycles. The zero-order chi connectivity index (χ0) is 13.0. The predicted molar refractivity (Wildman–Crippen MR) is 71.1 cm³/mol. The SMILES string of the molecule is CCC(=O)c1ccn(Cc2cccc(OC)c2)c1. The summed E-state index contributed by atoms with van der Waals surface area (Å²) in [5.74, 6) is 1.03. The van der Waals surface area contributed by atoms with Crippen LogP contribution < -0.4 is 4.74 Å². The molecule has 0 aliphatic carbocycles. The molecule has 0 fully saturated rings. The lowest BCUT2D eigenvalue weighted by Crippen LogP contribution is -1.98. The Hall–Kier alpha value is -2.03. The summed E-state index contributed by atoms with van der Waals surface area (Å²) in [7, 11) is 1.66. The van der Waals surface area contributed by atoms with E-state index in [-0.39, 0.29) is 5.78 Å². The predicted octanol–water partition coefficient (Wildman–Crippen LogP) is 3.14. The Morgan fingerprint density at radius 1 is 1.33 bits per heavy atom. The number of hydrogen-bond donors (Lipinski definition) is 0. The number of carbonyl (C=O) groups is 1. The van der Waals surface area contributed by atoms with Gasteiger partial charge in [-0.1, -0.05) is 19.1 Å². The molecule has 0 saturated carbocycles. The van der Waals surface area contributed by atoms with Crippen molar-refractivity contribution in [1.82, 2.24) is 4.57 Å². The molecule has 2 aromatic rings. The van der Waals surface area contributed by atoms with Gasteiger partial charge in [-0.3, -0.25) is 4.79 Å². The second-order valence-electron chi connectivity index (χ2n) is 4.20. The summed E-state index contributed by atoms with van der Waals surface area (Å²) in [5, 5.41) is 0. The van der Waals surface area contributed by atoms with E-state index >= 15 is 0 Å². The molecule has 0 aliphatic heterocycles. The molecule has 0 spiro atoms. The van der Waals surface area contributed by atoms with Crippen LogP contribution in [0.25, 0.3) is 0 Å². The summed E-state index contributed by atoms with van der Waals surface area (Å²) >= 11 is 0.